The number of carbonyl (C=O) groups is 2. The molecule has 6 atom stereocenters. The summed E-state index contributed by atoms with van der Waals surface area (Å²) in [5, 5.41) is 10.5. The zero-order valence-corrected chi connectivity index (χ0v) is 13.6. The van der Waals surface area contributed by atoms with E-state index >= 15 is 0 Å². The van der Waals surface area contributed by atoms with Crippen LogP contribution in [0.25, 0.3) is 0 Å². The van der Waals surface area contributed by atoms with Crippen LogP contribution in [0, 0.1) is 28.6 Å². The summed E-state index contributed by atoms with van der Waals surface area (Å²) in [6.45, 7) is 4.42. The van der Waals surface area contributed by atoms with Crippen molar-refractivity contribution >= 4 is 11.6 Å². The van der Waals surface area contributed by atoms with Crippen molar-refractivity contribution in [2.45, 2.75) is 64.9 Å². The third-order valence-electron chi connectivity index (χ3n) is 7.66. The molecule has 3 heteroatoms. The first-order valence-electron chi connectivity index (χ1n) is 8.81. The fraction of sp³-hybridized carbons (Fsp3) is 0.789. The van der Waals surface area contributed by atoms with E-state index in [4.69, 9.17) is 0 Å². The Bertz CT molecular complexity index is 577. The smallest absolute Gasteiger partial charge is 0.155 e. The number of aliphatic hydroxyl groups excluding tert-OH is 1. The fourth-order valence-electron chi connectivity index (χ4n) is 6.39. The predicted molar refractivity (Wildman–Crippen MR) is 83.1 cm³/mol. The van der Waals surface area contributed by atoms with Crippen LogP contribution in [0.4, 0.5) is 0 Å². The molecule has 3 nitrogen and oxygen atoms in total. The zero-order chi connectivity index (χ0) is 15.7. The number of fused-ring (bicyclic) bond motifs is 5. The maximum absolute atomic E-state index is 12.4. The second kappa shape index (κ2) is 4.53. The maximum atomic E-state index is 12.4. The van der Waals surface area contributed by atoms with Crippen LogP contribution in [0.15, 0.2) is 11.6 Å². The molecular weight excluding hydrogens is 276 g/mol. The lowest BCUT2D eigenvalue weighted by molar-refractivity contribution is -0.133. The highest BCUT2D eigenvalue weighted by Gasteiger charge is 2.61. The molecule has 0 saturated heterocycles. The van der Waals surface area contributed by atoms with Gasteiger partial charge in [0, 0.05) is 24.2 Å². The number of carbonyl (C=O) groups excluding carboxylic acids is 2. The first-order chi connectivity index (χ1) is 10.4. The highest BCUT2D eigenvalue weighted by atomic mass is 16.3. The minimum absolute atomic E-state index is 0.115. The normalized spacial score (nSPS) is 51.0. The molecule has 0 amide bonds. The van der Waals surface area contributed by atoms with E-state index in [1.54, 1.807) is 0 Å². The molecule has 3 fully saturated rings. The van der Waals surface area contributed by atoms with E-state index in [-0.39, 0.29) is 28.3 Å². The average Bonchev–Trinajstić information content (AvgIpc) is 2.70. The van der Waals surface area contributed by atoms with Gasteiger partial charge in [-0.1, -0.05) is 19.4 Å². The number of hydrogen-bond acceptors (Lipinski definition) is 3. The molecule has 0 aromatic heterocycles. The molecule has 0 spiro atoms. The summed E-state index contributed by atoms with van der Waals surface area (Å²) < 4.78 is 0. The Morgan fingerprint density at radius 1 is 1.09 bits per heavy atom. The van der Waals surface area contributed by atoms with Crippen molar-refractivity contribution in [3.05, 3.63) is 11.6 Å². The summed E-state index contributed by atoms with van der Waals surface area (Å²) in [4.78, 5) is 24.2. The van der Waals surface area contributed by atoms with Crippen LogP contribution in [0.1, 0.15) is 58.8 Å². The van der Waals surface area contributed by atoms with Gasteiger partial charge in [0.2, 0.25) is 0 Å². The first kappa shape index (κ1) is 14.6. The molecule has 22 heavy (non-hydrogen) atoms. The minimum Gasteiger partial charge on any atom is -0.392 e. The lowest BCUT2D eigenvalue weighted by atomic mass is 9.47. The molecule has 0 unspecified atom stereocenters. The molecule has 120 valence electrons. The number of ketones is 2. The van der Waals surface area contributed by atoms with Crippen molar-refractivity contribution in [3.8, 4) is 0 Å². The molecule has 0 radical (unpaired) electrons. The Hall–Kier alpha value is -0.960. The Balaban J connectivity index is 1.73. The van der Waals surface area contributed by atoms with Crippen LogP contribution in [0.5, 0.6) is 0 Å². The standard InChI is InChI=1S/C19H26O3/c1-18-7-5-12(20)9-11(18)3-4-13-14(18)6-8-19(2)16(22)10-15(21)17(13)19/h9,13-15,17,21H,3-8,10H2,1-2H3/t13-,14+,15-,17-,18+,19-/m1/s1. The van der Waals surface area contributed by atoms with E-state index in [1.165, 1.54) is 5.57 Å². The molecule has 0 heterocycles. The minimum atomic E-state index is -0.454. The second-order valence-electron chi connectivity index (χ2n) is 8.54. The summed E-state index contributed by atoms with van der Waals surface area (Å²) in [6, 6.07) is 0. The number of rotatable bonds is 0. The van der Waals surface area contributed by atoms with Crippen molar-refractivity contribution in [2.75, 3.05) is 0 Å². The summed E-state index contributed by atoms with van der Waals surface area (Å²) in [5.74, 6) is 1.65. The summed E-state index contributed by atoms with van der Waals surface area (Å²) in [7, 11) is 0. The molecule has 0 bridgehead atoms. The predicted octanol–water partition coefficient (Wildman–Crippen LogP) is 3.06. The summed E-state index contributed by atoms with van der Waals surface area (Å²) in [6.07, 6.45) is 7.39. The zero-order valence-electron chi connectivity index (χ0n) is 13.6. The van der Waals surface area contributed by atoms with Gasteiger partial charge in [0.15, 0.2) is 5.78 Å². The summed E-state index contributed by atoms with van der Waals surface area (Å²) in [5.41, 5.74) is 1.15. The van der Waals surface area contributed by atoms with Gasteiger partial charge < -0.3 is 5.11 Å². The largest absolute Gasteiger partial charge is 0.392 e. The quantitative estimate of drug-likeness (QED) is 0.748. The number of allylic oxidation sites excluding steroid dienone is 1. The van der Waals surface area contributed by atoms with E-state index in [2.05, 4.69) is 13.8 Å². The molecular formula is C19H26O3. The number of Topliss-reactive ketones (excluding diaryl/α,β-unsaturated/α-hetero) is 1. The lowest BCUT2D eigenvalue weighted by Gasteiger charge is -2.57. The van der Waals surface area contributed by atoms with E-state index in [0.29, 0.717) is 24.7 Å². The van der Waals surface area contributed by atoms with E-state index in [9.17, 15) is 14.7 Å². The van der Waals surface area contributed by atoms with Gasteiger partial charge in [-0.05, 0) is 55.4 Å². The number of aliphatic hydroxyl groups is 1. The molecule has 4 aliphatic carbocycles. The van der Waals surface area contributed by atoms with Gasteiger partial charge in [0.05, 0.1) is 6.10 Å². The third-order valence-corrected chi connectivity index (χ3v) is 7.66. The Labute approximate surface area is 132 Å². The molecule has 1 N–H and O–H groups in total. The van der Waals surface area contributed by atoms with Crippen LogP contribution in [0.2, 0.25) is 0 Å². The van der Waals surface area contributed by atoms with Crippen LogP contribution < -0.4 is 0 Å². The lowest BCUT2D eigenvalue weighted by Crippen LogP contribution is -2.52. The average molecular weight is 302 g/mol. The molecule has 4 rings (SSSR count). The SMILES string of the molecule is C[C@]12CCC(=O)C=C1CC[C@H]1[C@@H]3[C@H](O)CC(=O)[C@@]3(C)CC[C@@H]12. The van der Waals surface area contributed by atoms with Gasteiger partial charge in [-0.3, -0.25) is 9.59 Å². The highest BCUT2D eigenvalue weighted by molar-refractivity contribution is 5.91. The maximum Gasteiger partial charge on any atom is 0.155 e. The van der Waals surface area contributed by atoms with Gasteiger partial charge in [-0.25, -0.2) is 0 Å². The van der Waals surface area contributed by atoms with E-state index < -0.39 is 6.10 Å². The van der Waals surface area contributed by atoms with Gasteiger partial charge >= 0.3 is 0 Å². The summed E-state index contributed by atoms with van der Waals surface area (Å²) >= 11 is 0. The highest BCUT2D eigenvalue weighted by Crippen LogP contribution is 2.64. The second-order valence-corrected chi connectivity index (χ2v) is 8.54. The molecule has 0 aromatic rings. The topological polar surface area (TPSA) is 54.4 Å². The van der Waals surface area contributed by atoms with Crippen LogP contribution in [-0.2, 0) is 9.59 Å². The van der Waals surface area contributed by atoms with Crippen LogP contribution in [0.3, 0.4) is 0 Å². The van der Waals surface area contributed by atoms with Crippen molar-refractivity contribution in [1.82, 2.24) is 0 Å². The monoisotopic (exact) mass is 302 g/mol. The van der Waals surface area contributed by atoms with E-state index in [0.717, 1.165) is 32.1 Å². The van der Waals surface area contributed by atoms with Crippen LogP contribution >= 0.6 is 0 Å². The Kier molecular flexibility index (Phi) is 3.01. The molecule has 4 aliphatic rings. The third kappa shape index (κ3) is 1.72. The van der Waals surface area contributed by atoms with Gasteiger partial charge in [-0.15, -0.1) is 0 Å². The first-order valence-corrected chi connectivity index (χ1v) is 8.81. The van der Waals surface area contributed by atoms with Crippen molar-refractivity contribution in [3.63, 3.8) is 0 Å². The van der Waals surface area contributed by atoms with Gasteiger partial charge in [-0.2, -0.15) is 0 Å². The molecule has 0 aromatic carbocycles. The Morgan fingerprint density at radius 2 is 1.86 bits per heavy atom. The van der Waals surface area contributed by atoms with Crippen LogP contribution in [-0.4, -0.2) is 22.8 Å². The fourth-order valence-corrected chi connectivity index (χ4v) is 6.39. The molecule has 3 saturated carbocycles. The van der Waals surface area contributed by atoms with E-state index in [1.807, 2.05) is 6.08 Å². The van der Waals surface area contributed by atoms with Gasteiger partial charge in [0.1, 0.15) is 5.78 Å². The van der Waals surface area contributed by atoms with Crippen molar-refractivity contribution in [1.29, 1.82) is 0 Å². The van der Waals surface area contributed by atoms with Crippen molar-refractivity contribution < 1.29 is 14.7 Å². The molecule has 0 aliphatic heterocycles. The van der Waals surface area contributed by atoms with Gasteiger partial charge in [0.25, 0.3) is 0 Å². The Morgan fingerprint density at radius 3 is 2.64 bits per heavy atom. The number of hydrogen-bond donors (Lipinski definition) is 1. The van der Waals surface area contributed by atoms with Crippen molar-refractivity contribution in [2.24, 2.45) is 28.6 Å².